The highest BCUT2D eigenvalue weighted by Crippen LogP contribution is 2.21. The Morgan fingerprint density at radius 2 is 2.13 bits per heavy atom. The van der Waals surface area contributed by atoms with Crippen molar-refractivity contribution in [1.82, 2.24) is 4.57 Å². The second-order valence-corrected chi connectivity index (χ2v) is 4.35. The second kappa shape index (κ2) is 3.79. The number of nitrogens with two attached hydrogens (primary N) is 1. The van der Waals surface area contributed by atoms with Gasteiger partial charge in [-0.2, -0.15) is 0 Å². The Hall–Kier alpha value is -1.13. The molecule has 0 amide bonds. The van der Waals surface area contributed by atoms with E-state index in [1.54, 1.807) is 17.7 Å². The summed E-state index contributed by atoms with van der Waals surface area (Å²) in [6.07, 6.45) is 0. The van der Waals surface area contributed by atoms with E-state index >= 15 is 0 Å². The van der Waals surface area contributed by atoms with Crippen molar-refractivity contribution in [3.63, 3.8) is 0 Å². The lowest BCUT2D eigenvalue weighted by Gasteiger charge is -2.08. The van der Waals surface area contributed by atoms with Gasteiger partial charge in [0.2, 0.25) is 0 Å². The van der Waals surface area contributed by atoms with E-state index in [0.29, 0.717) is 6.54 Å². The third kappa shape index (κ3) is 1.70. The number of aryl methyl sites for hydroxylation is 1. The summed E-state index contributed by atoms with van der Waals surface area (Å²) in [5.41, 5.74) is 7.39. The lowest BCUT2D eigenvalue weighted by Crippen LogP contribution is -2.18. The van der Waals surface area contributed by atoms with Crippen LogP contribution >= 0.6 is 15.9 Å². The minimum absolute atomic E-state index is 0.0229. The first-order valence-corrected chi connectivity index (χ1v) is 5.41. The van der Waals surface area contributed by atoms with Gasteiger partial charge in [0.1, 0.15) is 0 Å². The van der Waals surface area contributed by atoms with E-state index in [9.17, 15) is 4.79 Å². The van der Waals surface area contributed by atoms with E-state index in [-0.39, 0.29) is 5.56 Å². The number of fused-ring (bicyclic) bond motifs is 1. The van der Waals surface area contributed by atoms with E-state index in [1.807, 2.05) is 18.2 Å². The molecule has 1 aromatic heterocycles. The van der Waals surface area contributed by atoms with Crippen molar-refractivity contribution in [3.05, 3.63) is 44.7 Å². The molecule has 0 aliphatic heterocycles. The smallest absolute Gasteiger partial charge is 0.251 e. The van der Waals surface area contributed by atoms with Crippen LogP contribution in [0.1, 0.15) is 5.56 Å². The molecule has 0 radical (unpaired) electrons. The summed E-state index contributed by atoms with van der Waals surface area (Å²) in [7, 11) is 1.76. The van der Waals surface area contributed by atoms with Crippen LogP contribution in [-0.4, -0.2) is 4.57 Å². The van der Waals surface area contributed by atoms with Gasteiger partial charge in [-0.1, -0.05) is 15.9 Å². The Morgan fingerprint density at radius 3 is 2.80 bits per heavy atom. The van der Waals surface area contributed by atoms with E-state index < -0.39 is 0 Å². The molecule has 1 heterocycles. The molecule has 2 aromatic rings. The van der Waals surface area contributed by atoms with Crippen LogP contribution in [0.2, 0.25) is 0 Å². The Bertz CT molecular complexity index is 575. The molecule has 0 bridgehead atoms. The maximum absolute atomic E-state index is 11.6. The van der Waals surface area contributed by atoms with Crippen LogP contribution in [-0.2, 0) is 13.6 Å². The van der Waals surface area contributed by atoms with Gasteiger partial charge in [-0.05, 0) is 23.8 Å². The summed E-state index contributed by atoms with van der Waals surface area (Å²) >= 11 is 3.41. The van der Waals surface area contributed by atoms with E-state index in [0.717, 1.165) is 20.9 Å². The first-order valence-electron chi connectivity index (χ1n) is 4.61. The van der Waals surface area contributed by atoms with Gasteiger partial charge in [-0.15, -0.1) is 0 Å². The first kappa shape index (κ1) is 10.4. The van der Waals surface area contributed by atoms with Gasteiger partial charge in [-0.25, -0.2) is 0 Å². The number of hydrogen-bond donors (Lipinski definition) is 1. The Morgan fingerprint density at radius 1 is 1.40 bits per heavy atom. The molecular formula is C11H11BrN2O. The number of nitrogens with zero attached hydrogens (tertiary/aromatic N) is 1. The van der Waals surface area contributed by atoms with Crippen LogP contribution < -0.4 is 11.3 Å². The standard InChI is InChI=1S/C11H11BrN2O/c1-14-10-3-2-8(12)5-9(10)7(6-13)4-11(14)15/h2-5H,6,13H2,1H3. The third-order valence-corrected chi connectivity index (χ3v) is 3.01. The van der Waals surface area contributed by atoms with E-state index in [2.05, 4.69) is 15.9 Å². The second-order valence-electron chi connectivity index (χ2n) is 3.43. The molecule has 0 aliphatic rings. The fourth-order valence-corrected chi connectivity index (χ4v) is 2.03. The van der Waals surface area contributed by atoms with Crippen LogP contribution in [0.5, 0.6) is 0 Å². The summed E-state index contributed by atoms with van der Waals surface area (Å²) in [6, 6.07) is 7.41. The summed E-state index contributed by atoms with van der Waals surface area (Å²) < 4.78 is 2.62. The monoisotopic (exact) mass is 266 g/mol. The highest BCUT2D eigenvalue weighted by molar-refractivity contribution is 9.10. The molecule has 0 unspecified atom stereocenters. The van der Waals surface area contributed by atoms with Gasteiger partial charge >= 0.3 is 0 Å². The maximum atomic E-state index is 11.6. The third-order valence-electron chi connectivity index (χ3n) is 2.51. The molecule has 78 valence electrons. The zero-order valence-corrected chi connectivity index (χ0v) is 9.91. The number of rotatable bonds is 1. The molecular weight excluding hydrogens is 256 g/mol. The average molecular weight is 267 g/mol. The minimum atomic E-state index is -0.0229. The number of aromatic nitrogens is 1. The van der Waals surface area contributed by atoms with Crippen molar-refractivity contribution in [2.24, 2.45) is 12.8 Å². The Kier molecular flexibility index (Phi) is 2.63. The molecule has 0 spiro atoms. The lowest BCUT2D eigenvalue weighted by molar-refractivity contribution is 0.895. The molecule has 0 fully saturated rings. The molecule has 15 heavy (non-hydrogen) atoms. The molecule has 1 aromatic carbocycles. The van der Waals surface area contributed by atoms with Gasteiger partial charge in [0, 0.05) is 29.5 Å². The predicted octanol–water partition coefficient (Wildman–Crippen LogP) is 1.76. The number of hydrogen-bond acceptors (Lipinski definition) is 2. The quantitative estimate of drug-likeness (QED) is 0.855. The highest BCUT2D eigenvalue weighted by atomic mass is 79.9. The van der Waals surface area contributed by atoms with Crippen LogP contribution in [0, 0.1) is 0 Å². The van der Waals surface area contributed by atoms with Crippen LogP contribution in [0.3, 0.4) is 0 Å². The van der Waals surface area contributed by atoms with Crippen LogP contribution in [0.25, 0.3) is 10.9 Å². The molecule has 2 rings (SSSR count). The number of halogens is 1. The largest absolute Gasteiger partial charge is 0.326 e. The van der Waals surface area contributed by atoms with Gasteiger partial charge in [0.25, 0.3) is 5.56 Å². The number of benzene rings is 1. The van der Waals surface area contributed by atoms with Crippen molar-refractivity contribution in [3.8, 4) is 0 Å². The molecule has 0 saturated carbocycles. The fraction of sp³-hybridized carbons (Fsp3) is 0.182. The summed E-state index contributed by atoms with van der Waals surface area (Å²) in [4.78, 5) is 11.6. The highest BCUT2D eigenvalue weighted by Gasteiger charge is 2.05. The first-order chi connectivity index (χ1) is 7.13. The summed E-state index contributed by atoms with van der Waals surface area (Å²) in [5, 5.41) is 1.02. The topological polar surface area (TPSA) is 48.0 Å². The molecule has 0 atom stereocenters. The SMILES string of the molecule is Cn1c(=O)cc(CN)c2cc(Br)ccc21. The Balaban J connectivity index is 2.96. The van der Waals surface area contributed by atoms with Gasteiger partial charge in [-0.3, -0.25) is 4.79 Å². The molecule has 4 heteroatoms. The molecule has 0 aliphatic carbocycles. The van der Waals surface area contributed by atoms with Crippen molar-refractivity contribution in [2.75, 3.05) is 0 Å². The maximum Gasteiger partial charge on any atom is 0.251 e. The van der Waals surface area contributed by atoms with Crippen LogP contribution in [0.4, 0.5) is 0 Å². The van der Waals surface area contributed by atoms with Crippen molar-refractivity contribution >= 4 is 26.8 Å². The minimum Gasteiger partial charge on any atom is -0.326 e. The van der Waals surface area contributed by atoms with Crippen molar-refractivity contribution in [2.45, 2.75) is 6.54 Å². The molecule has 0 saturated heterocycles. The van der Waals surface area contributed by atoms with Crippen molar-refractivity contribution in [1.29, 1.82) is 0 Å². The zero-order valence-electron chi connectivity index (χ0n) is 8.33. The predicted molar refractivity (Wildman–Crippen MR) is 64.8 cm³/mol. The number of pyridine rings is 1. The lowest BCUT2D eigenvalue weighted by atomic mass is 10.1. The van der Waals surface area contributed by atoms with Gasteiger partial charge < -0.3 is 10.3 Å². The normalized spacial score (nSPS) is 10.9. The fourth-order valence-electron chi connectivity index (χ4n) is 1.67. The summed E-state index contributed by atoms with van der Waals surface area (Å²) in [6.45, 7) is 0.378. The molecule has 3 nitrogen and oxygen atoms in total. The van der Waals surface area contributed by atoms with E-state index in [4.69, 9.17) is 5.73 Å². The summed E-state index contributed by atoms with van der Waals surface area (Å²) in [5.74, 6) is 0. The zero-order chi connectivity index (χ0) is 11.0. The van der Waals surface area contributed by atoms with Crippen molar-refractivity contribution < 1.29 is 0 Å². The Labute approximate surface area is 95.6 Å². The average Bonchev–Trinajstić information content (AvgIpc) is 2.23. The van der Waals surface area contributed by atoms with Crippen LogP contribution in [0.15, 0.2) is 33.5 Å². The van der Waals surface area contributed by atoms with Gasteiger partial charge in [0.15, 0.2) is 0 Å². The van der Waals surface area contributed by atoms with Gasteiger partial charge in [0.05, 0.1) is 5.52 Å². The molecule has 2 N–H and O–H groups in total. The van der Waals surface area contributed by atoms with E-state index in [1.165, 1.54) is 0 Å².